The van der Waals surface area contributed by atoms with Gasteiger partial charge in [0.15, 0.2) is 0 Å². The summed E-state index contributed by atoms with van der Waals surface area (Å²) in [5, 5.41) is 8.73. The fourth-order valence-corrected chi connectivity index (χ4v) is 1.32. The van der Waals surface area contributed by atoms with Crippen molar-refractivity contribution in [2.24, 2.45) is 11.3 Å². The van der Waals surface area contributed by atoms with Gasteiger partial charge in [0.25, 0.3) is 0 Å². The largest absolute Gasteiger partial charge is 0.192 e. The SMILES string of the molecule is C/C=C/C(C#N)=C/[C@@H]1CC1(C)C. The van der Waals surface area contributed by atoms with E-state index in [1.165, 1.54) is 6.42 Å². The zero-order valence-electron chi connectivity index (χ0n) is 7.96. The van der Waals surface area contributed by atoms with Crippen LogP contribution < -0.4 is 0 Å². The first-order valence-corrected chi connectivity index (χ1v) is 4.35. The van der Waals surface area contributed by atoms with Gasteiger partial charge in [0.2, 0.25) is 0 Å². The van der Waals surface area contributed by atoms with Crippen molar-refractivity contribution in [3.05, 3.63) is 23.8 Å². The van der Waals surface area contributed by atoms with E-state index in [2.05, 4.69) is 26.0 Å². The first kappa shape index (κ1) is 9.06. The van der Waals surface area contributed by atoms with E-state index < -0.39 is 0 Å². The summed E-state index contributed by atoms with van der Waals surface area (Å²) < 4.78 is 0. The molecule has 0 spiro atoms. The smallest absolute Gasteiger partial charge is 0.0988 e. The first-order valence-electron chi connectivity index (χ1n) is 4.35. The Morgan fingerprint density at radius 3 is 2.50 bits per heavy atom. The lowest BCUT2D eigenvalue weighted by Crippen LogP contribution is -1.87. The van der Waals surface area contributed by atoms with Crippen LogP contribution in [0.15, 0.2) is 23.8 Å². The fraction of sp³-hybridized carbons (Fsp3) is 0.545. The molecule has 0 aromatic carbocycles. The zero-order chi connectivity index (χ0) is 9.19. The van der Waals surface area contributed by atoms with Gasteiger partial charge in [-0.1, -0.05) is 26.0 Å². The molecule has 1 aliphatic carbocycles. The highest BCUT2D eigenvalue weighted by Crippen LogP contribution is 2.52. The van der Waals surface area contributed by atoms with Crippen molar-refractivity contribution < 1.29 is 0 Å². The lowest BCUT2D eigenvalue weighted by Gasteiger charge is -1.96. The van der Waals surface area contributed by atoms with Crippen LogP contribution in [0.5, 0.6) is 0 Å². The molecule has 0 amide bonds. The molecule has 0 aromatic heterocycles. The molecule has 0 aromatic rings. The van der Waals surface area contributed by atoms with Gasteiger partial charge in [-0.2, -0.15) is 5.26 Å². The number of hydrogen-bond donors (Lipinski definition) is 0. The number of nitrogens with zero attached hydrogens (tertiary/aromatic N) is 1. The summed E-state index contributed by atoms with van der Waals surface area (Å²) in [5.41, 5.74) is 1.23. The molecule has 0 bridgehead atoms. The molecule has 0 N–H and O–H groups in total. The van der Waals surface area contributed by atoms with Gasteiger partial charge in [-0.15, -0.1) is 0 Å². The second-order valence-corrected chi connectivity index (χ2v) is 4.03. The molecule has 1 aliphatic rings. The van der Waals surface area contributed by atoms with Crippen molar-refractivity contribution in [3.63, 3.8) is 0 Å². The van der Waals surface area contributed by atoms with Gasteiger partial charge in [0, 0.05) is 5.57 Å². The monoisotopic (exact) mass is 161 g/mol. The molecule has 1 atom stereocenters. The number of allylic oxidation sites excluding steroid dienone is 4. The van der Waals surface area contributed by atoms with E-state index in [4.69, 9.17) is 5.26 Å². The predicted molar refractivity (Wildman–Crippen MR) is 50.4 cm³/mol. The number of nitriles is 1. The van der Waals surface area contributed by atoms with E-state index in [1.54, 1.807) is 0 Å². The second-order valence-electron chi connectivity index (χ2n) is 4.03. The normalized spacial score (nSPS) is 27.2. The van der Waals surface area contributed by atoms with E-state index in [1.807, 2.05) is 19.1 Å². The van der Waals surface area contributed by atoms with E-state index >= 15 is 0 Å². The van der Waals surface area contributed by atoms with Crippen molar-refractivity contribution in [1.29, 1.82) is 5.26 Å². The minimum absolute atomic E-state index is 0.434. The van der Waals surface area contributed by atoms with Crippen LogP contribution in [-0.4, -0.2) is 0 Å². The standard InChI is InChI=1S/C11H15N/c1-4-5-9(8-12)6-10-7-11(10,2)3/h4-6,10H,7H2,1-3H3/b5-4+,9-6-/t10-/m1/s1. The minimum atomic E-state index is 0.434. The maximum absolute atomic E-state index is 8.73. The topological polar surface area (TPSA) is 23.8 Å². The zero-order valence-corrected chi connectivity index (χ0v) is 7.96. The van der Waals surface area contributed by atoms with Gasteiger partial charge in [-0.05, 0) is 30.8 Å². The first-order chi connectivity index (χ1) is 5.60. The van der Waals surface area contributed by atoms with Crippen LogP contribution in [0.3, 0.4) is 0 Å². The Kier molecular flexibility index (Phi) is 2.38. The second kappa shape index (κ2) is 3.15. The summed E-state index contributed by atoms with van der Waals surface area (Å²) in [4.78, 5) is 0. The Bertz CT molecular complexity index is 263. The molecule has 1 saturated carbocycles. The van der Waals surface area contributed by atoms with E-state index in [0.29, 0.717) is 11.3 Å². The summed E-state index contributed by atoms with van der Waals surface area (Å²) in [7, 11) is 0. The summed E-state index contributed by atoms with van der Waals surface area (Å²) in [6.45, 7) is 6.40. The third-order valence-corrected chi connectivity index (χ3v) is 2.45. The summed E-state index contributed by atoms with van der Waals surface area (Å²) >= 11 is 0. The van der Waals surface area contributed by atoms with Crippen LogP contribution in [0.25, 0.3) is 0 Å². The van der Waals surface area contributed by atoms with E-state index in [0.717, 1.165) is 5.57 Å². The Hall–Kier alpha value is -1.03. The maximum Gasteiger partial charge on any atom is 0.0988 e. The van der Waals surface area contributed by atoms with Crippen molar-refractivity contribution in [2.75, 3.05) is 0 Å². The molecule has 64 valence electrons. The Labute approximate surface area is 74.4 Å². The molecule has 1 fully saturated rings. The Morgan fingerprint density at radius 1 is 1.58 bits per heavy atom. The van der Waals surface area contributed by atoms with Crippen LogP contribution in [0.4, 0.5) is 0 Å². The fourth-order valence-electron chi connectivity index (χ4n) is 1.32. The van der Waals surface area contributed by atoms with Crippen LogP contribution in [-0.2, 0) is 0 Å². The Balaban J connectivity index is 2.63. The maximum atomic E-state index is 8.73. The highest BCUT2D eigenvalue weighted by Gasteiger charge is 2.43. The highest BCUT2D eigenvalue weighted by atomic mass is 14.5. The average molecular weight is 161 g/mol. The third-order valence-electron chi connectivity index (χ3n) is 2.45. The molecule has 1 nitrogen and oxygen atoms in total. The number of hydrogen-bond acceptors (Lipinski definition) is 1. The average Bonchev–Trinajstić information content (AvgIpc) is 2.58. The lowest BCUT2D eigenvalue weighted by molar-refractivity contribution is 0.609. The molecular formula is C11H15N. The van der Waals surface area contributed by atoms with Crippen molar-refractivity contribution in [3.8, 4) is 6.07 Å². The van der Waals surface area contributed by atoms with Gasteiger partial charge in [-0.25, -0.2) is 0 Å². The summed E-state index contributed by atoms with van der Waals surface area (Å²) in [6.07, 6.45) is 7.08. The van der Waals surface area contributed by atoms with Gasteiger partial charge in [0.05, 0.1) is 6.07 Å². The molecule has 0 aliphatic heterocycles. The molecule has 12 heavy (non-hydrogen) atoms. The van der Waals surface area contributed by atoms with Gasteiger partial charge < -0.3 is 0 Å². The van der Waals surface area contributed by atoms with E-state index in [-0.39, 0.29) is 0 Å². The molecular weight excluding hydrogens is 146 g/mol. The van der Waals surface area contributed by atoms with Gasteiger partial charge in [0.1, 0.15) is 0 Å². The van der Waals surface area contributed by atoms with Crippen LogP contribution in [0, 0.1) is 22.7 Å². The summed E-state index contributed by atoms with van der Waals surface area (Å²) in [6, 6.07) is 2.19. The van der Waals surface area contributed by atoms with Crippen molar-refractivity contribution in [2.45, 2.75) is 27.2 Å². The lowest BCUT2D eigenvalue weighted by atomic mass is 10.1. The quantitative estimate of drug-likeness (QED) is 0.451. The van der Waals surface area contributed by atoms with Crippen molar-refractivity contribution >= 4 is 0 Å². The third kappa shape index (κ3) is 1.98. The predicted octanol–water partition coefficient (Wildman–Crippen LogP) is 3.06. The molecule has 0 unspecified atom stereocenters. The molecule has 0 saturated heterocycles. The van der Waals surface area contributed by atoms with Crippen LogP contribution in [0.1, 0.15) is 27.2 Å². The van der Waals surface area contributed by atoms with Crippen LogP contribution >= 0.6 is 0 Å². The minimum Gasteiger partial charge on any atom is -0.192 e. The van der Waals surface area contributed by atoms with E-state index in [9.17, 15) is 0 Å². The molecule has 1 rings (SSSR count). The molecule has 0 heterocycles. The molecule has 1 heteroatoms. The van der Waals surface area contributed by atoms with Crippen LogP contribution in [0.2, 0.25) is 0 Å². The van der Waals surface area contributed by atoms with Gasteiger partial charge >= 0.3 is 0 Å². The summed E-state index contributed by atoms with van der Waals surface area (Å²) in [5.74, 6) is 0.614. The van der Waals surface area contributed by atoms with Crippen molar-refractivity contribution in [1.82, 2.24) is 0 Å². The van der Waals surface area contributed by atoms with Gasteiger partial charge in [-0.3, -0.25) is 0 Å². The Morgan fingerprint density at radius 2 is 2.17 bits per heavy atom. The highest BCUT2D eigenvalue weighted by molar-refractivity contribution is 5.35. The molecule has 0 radical (unpaired) electrons. The number of rotatable bonds is 2.